The topological polar surface area (TPSA) is 18.5 Å². The lowest BCUT2D eigenvalue weighted by Gasteiger charge is -2.31. The second-order valence-electron chi connectivity index (χ2n) is 5.78. The summed E-state index contributed by atoms with van der Waals surface area (Å²) in [5.74, 6) is 2.08. The van der Waals surface area contributed by atoms with Crippen LogP contribution in [0, 0.1) is 17.8 Å². The van der Waals surface area contributed by atoms with Crippen molar-refractivity contribution in [1.29, 1.82) is 0 Å². The fourth-order valence-electron chi connectivity index (χ4n) is 1.97. The second kappa shape index (κ2) is 7.29. The number of rotatable bonds is 6. The fraction of sp³-hybridized carbons (Fsp3) is 1.00. The molecule has 0 radical (unpaired) electrons. The van der Waals surface area contributed by atoms with Gasteiger partial charge in [0, 0.05) is 5.92 Å². The molecule has 1 aliphatic heterocycles. The van der Waals surface area contributed by atoms with Crippen LogP contribution >= 0.6 is 0 Å². The average molecular weight is 228 g/mol. The van der Waals surface area contributed by atoms with Crippen molar-refractivity contribution in [2.45, 2.75) is 59.7 Å². The van der Waals surface area contributed by atoms with Crippen LogP contribution in [0.4, 0.5) is 0 Å². The van der Waals surface area contributed by atoms with Gasteiger partial charge in [0.15, 0.2) is 6.29 Å². The van der Waals surface area contributed by atoms with Gasteiger partial charge in [0.1, 0.15) is 0 Å². The molecule has 0 aromatic carbocycles. The summed E-state index contributed by atoms with van der Waals surface area (Å²) in [6, 6.07) is 0. The zero-order valence-corrected chi connectivity index (χ0v) is 11.4. The van der Waals surface area contributed by atoms with E-state index in [0.717, 1.165) is 25.6 Å². The first-order chi connectivity index (χ1) is 7.59. The maximum atomic E-state index is 5.74. The van der Waals surface area contributed by atoms with Crippen LogP contribution < -0.4 is 0 Å². The molecule has 1 saturated heterocycles. The molecule has 1 aliphatic rings. The molecule has 1 rings (SSSR count). The first-order valence-corrected chi connectivity index (χ1v) is 6.82. The summed E-state index contributed by atoms with van der Waals surface area (Å²) in [4.78, 5) is 0. The Morgan fingerprint density at radius 2 is 1.62 bits per heavy atom. The summed E-state index contributed by atoms with van der Waals surface area (Å²) in [7, 11) is 0. The zero-order chi connectivity index (χ0) is 12.0. The average Bonchev–Trinajstić information content (AvgIpc) is 2.25. The van der Waals surface area contributed by atoms with Gasteiger partial charge in [0.2, 0.25) is 0 Å². The van der Waals surface area contributed by atoms with Crippen molar-refractivity contribution in [2.24, 2.45) is 17.8 Å². The Labute approximate surface area is 101 Å². The highest BCUT2D eigenvalue weighted by Gasteiger charge is 2.23. The van der Waals surface area contributed by atoms with E-state index in [0.29, 0.717) is 11.8 Å². The van der Waals surface area contributed by atoms with Gasteiger partial charge in [0.25, 0.3) is 0 Å². The molecule has 0 amide bonds. The van der Waals surface area contributed by atoms with E-state index in [1.807, 2.05) is 0 Å². The van der Waals surface area contributed by atoms with Gasteiger partial charge in [-0.1, -0.05) is 40.5 Å². The molecule has 0 atom stereocenters. The highest BCUT2D eigenvalue weighted by Crippen LogP contribution is 2.21. The van der Waals surface area contributed by atoms with Crippen LogP contribution in [0.25, 0.3) is 0 Å². The minimum Gasteiger partial charge on any atom is -0.352 e. The van der Waals surface area contributed by atoms with E-state index in [4.69, 9.17) is 9.47 Å². The predicted octanol–water partition coefficient (Wildman–Crippen LogP) is 3.85. The summed E-state index contributed by atoms with van der Waals surface area (Å²) in [6.45, 7) is 10.8. The molecular formula is C14H28O2. The first kappa shape index (κ1) is 14.0. The van der Waals surface area contributed by atoms with Crippen molar-refractivity contribution in [1.82, 2.24) is 0 Å². The third kappa shape index (κ3) is 5.31. The maximum absolute atomic E-state index is 5.74. The van der Waals surface area contributed by atoms with Gasteiger partial charge in [-0.25, -0.2) is 0 Å². The van der Waals surface area contributed by atoms with Crippen molar-refractivity contribution >= 4 is 0 Å². The molecule has 1 heterocycles. The van der Waals surface area contributed by atoms with E-state index >= 15 is 0 Å². The van der Waals surface area contributed by atoms with Crippen LogP contribution in [0.1, 0.15) is 53.4 Å². The Bertz CT molecular complexity index is 170. The Hall–Kier alpha value is -0.0800. The van der Waals surface area contributed by atoms with Gasteiger partial charge in [-0.3, -0.25) is 0 Å². The van der Waals surface area contributed by atoms with Gasteiger partial charge in [-0.15, -0.1) is 0 Å². The lowest BCUT2D eigenvalue weighted by molar-refractivity contribution is -0.209. The summed E-state index contributed by atoms with van der Waals surface area (Å²) in [6.07, 6.45) is 4.99. The standard InChI is InChI=1S/C14H28O2/c1-11(2)7-5-6-8-14-15-9-13(10-16-14)12(3)4/h11-14H,5-10H2,1-4H3. The van der Waals surface area contributed by atoms with Crippen molar-refractivity contribution in [3.8, 4) is 0 Å². The molecule has 16 heavy (non-hydrogen) atoms. The number of hydrogen-bond acceptors (Lipinski definition) is 2. The Morgan fingerprint density at radius 3 is 2.12 bits per heavy atom. The monoisotopic (exact) mass is 228 g/mol. The van der Waals surface area contributed by atoms with Crippen molar-refractivity contribution in [3.05, 3.63) is 0 Å². The van der Waals surface area contributed by atoms with E-state index in [9.17, 15) is 0 Å². The van der Waals surface area contributed by atoms with E-state index in [1.54, 1.807) is 0 Å². The minimum atomic E-state index is 0.0714. The fourth-order valence-corrected chi connectivity index (χ4v) is 1.97. The quantitative estimate of drug-likeness (QED) is 0.643. The molecular weight excluding hydrogens is 200 g/mol. The molecule has 0 saturated carbocycles. The molecule has 96 valence electrons. The van der Waals surface area contributed by atoms with Gasteiger partial charge in [-0.05, 0) is 24.7 Å². The largest absolute Gasteiger partial charge is 0.352 e. The predicted molar refractivity (Wildman–Crippen MR) is 67.3 cm³/mol. The molecule has 0 unspecified atom stereocenters. The van der Waals surface area contributed by atoms with Gasteiger partial charge >= 0.3 is 0 Å². The normalized spacial score (nSPS) is 26.6. The lowest BCUT2D eigenvalue weighted by atomic mass is 9.97. The smallest absolute Gasteiger partial charge is 0.157 e. The first-order valence-electron chi connectivity index (χ1n) is 6.82. The van der Waals surface area contributed by atoms with Crippen LogP contribution in [0.5, 0.6) is 0 Å². The highest BCUT2D eigenvalue weighted by atomic mass is 16.7. The molecule has 0 N–H and O–H groups in total. The summed E-state index contributed by atoms with van der Waals surface area (Å²) >= 11 is 0. The molecule has 0 aromatic heterocycles. The highest BCUT2D eigenvalue weighted by molar-refractivity contribution is 4.66. The molecule has 0 aliphatic carbocycles. The van der Waals surface area contributed by atoms with Crippen LogP contribution in [0.3, 0.4) is 0 Å². The molecule has 1 fully saturated rings. The summed E-state index contributed by atoms with van der Waals surface area (Å²) < 4.78 is 11.5. The zero-order valence-electron chi connectivity index (χ0n) is 11.4. The van der Waals surface area contributed by atoms with Gasteiger partial charge in [0.05, 0.1) is 13.2 Å². The number of ether oxygens (including phenoxy) is 2. The van der Waals surface area contributed by atoms with E-state index in [2.05, 4.69) is 27.7 Å². The minimum absolute atomic E-state index is 0.0714. The van der Waals surface area contributed by atoms with Crippen LogP contribution in [-0.4, -0.2) is 19.5 Å². The molecule has 0 bridgehead atoms. The van der Waals surface area contributed by atoms with Crippen LogP contribution in [0.15, 0.2) is 0 Å². The molecule has 0 spiro atoms. The number of unbranched alkanes of at least 4 members (excludes halogenated alkanes) is 1. The van der Waals surface area contributed by atoms with Crippen molar-refractivity contribution < 1.29 is 9.47 Å². The maximum Gasteiger partial charge on any atom is 0.157 e. The van der Waals surface area contributed by atoms with Gasteiger partial charge < -0.3 is 9.47 Å². The Morgan fingerprint density at radius 1 is 1.00 bits per heavy atom. The van der Waals surface area contributed by atoms with E-state index in [-0.39, 0.29) is 6.29 Å². The molecule has 2 heteroatoms. The molecule has 2 nitrogen and oxygen atoms in total. The number of hydrogen-bond donors (Lipinski definition) is 0. The summed E-state index contributed by atoms with van der Waals surface area (Å²) in [5, 5.41) is 0. The van der Waals surface area contributed by atoms with E-state index < -0.39 is 0 Å². The van der Waals surface area contributed by atoms with Crippen LogP contribution in [-0.2, 0) is 9.47 Å². The molecule has 0 aromatic rings. The summed E-state index contributed by atoms with van der Waals surface area (Å²) in [5.41, 5.74) is 0. The Kier molecular flexibility index (Phi) is 6.37. The van der Waals surface area contributed by atoms with Gasteiger partial charge in [-0.2, -0.15) is 0 Å². The second-order valence-corrected chi connectivity index (χ2v) is 5.78. The third-order valence-corrected chi connectivity index (χ3v) is 3.41. The van der Waals surface area contributed by atoms with Crippen LogP contribution in [0.2, 0.25) is 0 Å². The van der Waals surface area contributed by atoms with Crippen molar-refractivity contribution in [2.75, 3.05) is 13.2 Å². The van der Waals surface area contributed by atoms with Crippen molar-refractivity contribution in [3.63, 3.8) is 0 Å². The Balaban J connectivity index is 2.04. The SMILES string of the molecule is CC(C)CCCCC1OCC(C(C)C)CO1. The van der Waals surface area contributed by atoms with E-state index in [1.165, 1.54) is 19.3 Å². The lowest BCUT2D eigenvalue weighted by Crippen LogP contribution is -2.34. The third-order valence-electron chi connectivity index (χ3n) is 3.41.